The lowest BCUT2D eigenvalue weighted by molar-refractivity contribution is -0.137. The SMILES string of the molecule is O=C(O)CCCCCNC(=O)[C@@H]1OCC[C@@H]1NC(=O)OCC1c2ccccc2-c2ccccc21. The predicted molar refractivity (Wildman–Crippen MR) is 125 cm³/mol. The van der Waals surface area contributed by atoms with E-state index in [4.69, 9.17) is 14.6 Å². The third kappa shape index (κ3) is 5.56. The second kappa shape index (κ2) is 11.2. The molecule has 2 aromatic carbocycles. The molecule has 0 spiro atoms. The van der Waals surface area contributed by atoms with Gasteiger partial charge in [-0.05, 0) is 41.5 Å². The van der Waals surface area contributed by atoms with Gasteiger partial charge < -0.3 is 25.2 Å². The quantitative estimate of drug-likeness (QED) is 0.462. The summed E-state index contributed by atoms with van der Waals surface area (Å²) >= 11 is 0. The van der Waals surface area contributed by atoms with Crippen LogP contribution in [-0.4, -0.2) is 55.0 Å². The molecular formula is C26H30N2O6. The molecule has 1 heterocycles. The molecule has 1 fully saturated rings. The van der Waals surface area contributed by atoms with Crippen LogP contribution in [0, 0.1) is 0 Å². The maximum atomic E-state index is 12.6. The van der Waals surface area contributed by atoms with Crippen LogP contribution in [0.1, 0.15) is 49.1 Å². The number of ether oxygens (including phenoxy) is 2. The smallest absolute Gasteiger partial charge is 0.407 e. The summed E-state index contributed by atoms with van der Waals surface area (Å²) < 4.78 is 11.1. The zero-order valence-electron chi connectivity index (χ0n) is 19.0. The van der Waals surface area contributed by atoms with Crippen LogP contribution in [0.15, 0.2) is 48.5 Å². The fourth-order valence-corrected chi connectivity index (χ4v) is 4.68. The summed E-state index contributed by atoms with van der Waals surface area (Å²) in [6.07, 6.45) is 1.32. The third-order valence-corrected chi connectivity index (χ3v) is 6.36. The van der Waals surface area contributed by atoms with Gasteiger partial charge in [0.2, 0.25) is 0 Å². The molecule has 2 aromatic rings. The number of carboxylic acids is 1. The van der Waals surface area contributed by atoms with E-state index in [1.54, 1.807) is 0 Å². The van der Waals surface area contributed by atoms with Gasteiger partial charge in [-0.3, -0.25) is 9.59 Å². The fraction of sp³-hybridized carbons (Fsp3) is 0.423. The van der Waals surface area contributed by atoms with E-state index in [0.717, 1.165) is 28.7 Å². The van der Waals surface area contributed by atoms with Gasteiger partial charge in [0, 0.05) is 25.5 Å². The Kier molecular flexibility index (Phi) is 7.80. The number of benzene rings is 2. The van der Waals surface area contributed by atoms with Crippen LogP contribution in [0.25, 0.3) is 11.1 Å². The maximum absolute atomic E-state index is 12.6. The lowest BCUT2D eigenvalue weighted by Gasteiger charge is -2.20. The first-order valence-electron chi connectivity index (χ1n) is 11.8. The number of nitrogens with one attached hydrogen (secondary N) is 2. The number of hydrogen-bond acceptors (Lipinski definition) is 5. The summed E-state index contributed by atoms with van der Waals surface area (Å²) in [6, 6.07) is 15.8. The Hall–Kier alpha value is -3.39. The fourth-order valence-electron chi connectivity index (χ4n) is 4.68. The molecule has 2 amide bonds. The number of unbranched alkanes of at least 4 members (excludes halogenated alkanes) is 2. The van der Waals surface area contributed by atoms with Gasteiger partial charge in [-0.1, -0.05) is 55.0 Å². The van der Waals surface area contributed by atoms with Crippen molar-refractivity contribution in [2.45, 2.75) is 50.2 Å². The van der Waals surface area contributed by atoms with Crippen molar-refractivity contribution in [1.29, 1.82) is 0 Å². The average Bonchev–Trinajstić information content (AvgIpc) is 3.42. The van der Waals surface area contributed by atoms with Crippen molar-refractivity contribution in [3.63, 3.8) is 0 Å². The summed E-state index contributed by atoms with van der Waals surface area (Å²) in [5, 5.41) is 14.3. The molecule has 0 unspecified atom stereocenters. The van der Waals surface area contributed by atoms with E-state index in [-0.39, 0.29) is 24.9 Å². The number of alkyl carbamates (subject to hydrolysis) is 1. The Morgan fingerprint density at radius 3 is 2.32 bits per heavy atom. The Morgan fingerprint density at radius 2 is 1.65 bits per heavy atom. The van der Waals surface area contributed by atoms with Crippen LogP contribution in [0.2, 0.25) is 0 Å². The van der Waals surface area contributed by atoms with Gasteiger partial charge in [0.05, 0.1) is 6.04 Å². The van der Waals surface area contributed by atoms with E-state index in [9.17, 15) is 14.4 Å². The predicted octanol–water partition coefficient (Wildman–Crippen LogP) is 3.44. The molecule has 2 atom stereocenters. The Labute approximate surface area is 198 Å². The largest absolute Gasteiger partial charge is 0.481 e. The van der Waals surface area contributed by atoms with Crippen molar-refractivity contribution < 1.29 is 29.0 Å². The third-order valence-electron chi connectivity index (χ3n) is 6.36. The highest BCUT2D eigenvalue weighted by Gasteiger charge is 2.36. The number of rotatable bonds is 10. The number of carbonyl (C=O) groups excluding carboxylic acids is 2. The van der Waals surface area contributed by atoms with Crippen LogP contribution >= 0.6 is 0 Å². The number of carboxylic acid groups (broad SMARTS) is 1. The second-order valence-electron chi connectivity index (χ2n) is 8.65. The van der Waals surface area contributed by atoms with Gasteiger partial charge in [0.25, 0.3) is 5.91 Å². The molecule has 180 valence electrons. The van der Waals surface area contributed by atoms with E-state index >= 15 is 0 Å². The van der Waals surface area contributed by atoms with Gasteiger partial charge in [-0.2, -0.15) is 0 Å². The first-order chi connectivity index (χ1) is 16.5. The van der Waals surface area contributed by atoms with Crippen LogP contribution in [0.5, 0.6) is 0 Å². The maximum Gasteiger partial charge on any atom is 0.407 e. The molecule has 8 heteroatoms. The summed E-state index contributed by atoms with van der Waals surface area (Å²) in [7, 11) is 0. The zero-order chi connectivity index (χ0) is 23.9. The zero-order valence-corrected chi connectivity index (χ0v) is 19.0. The van der Waals surface area contributed by atoms with Crippen LogP contribution < -0.4 is 10.6 Å². The lowest BCUT2D eigenvalue weighted by Crippen LogP contribution is -2.48. The molecule has 0 bridgehead atoms. The minimum absolute atomic E-state index is 0.0294. The van der Waals surface area contributed by atoms with E-state index in [1.165, 1.54) is 0 Å². The van der Waals surface area contributed by atoms with Crippen LogP contribution in [0.3, 0.4) is 0 Å². The van der Waals surface area contributed by atoms with Gasteiger partial charge in [0.1, 0.15) is 6.61 Å². The molecule has 34 heavy (non-hydrogen) atoms. The minimum atomic E-state index is -0.814. The van der Waals surface area contributed by atoms with E-state index in [1.807, 2.05) is 24.3 Å². The molecule has 1 aliphatic heterocycles. The molecule has 0 saturated carbocycles. The van der Waals surface area contributed by atoms with Crippen molar-refractivity contribution in [2.75, 3.05) is 19.8 Å². The van der Waals surface area contributed by atoms with E-state index in [2.05, 4.69) is 34.9 Å². The standard InChI is InChI=1S/C26H30N2O6/c29-23(30)12-2-1-7-14-27-25(31)24-22(13-15-33-24)28-26(32)34-16-21-19-10-5-3-8-17(19)18-9-4-6-11-20(18)21/h3-6,8-11,21-22,24H,1-2,7,12-16H2,(H,27,31)(H,28,32)(H,29,30)/t22-,24+/m0/s1. The summed E-state index contributed by atoms with van der Waals surface area (Å²) in [5.74, 6) is -1.12. The second-order valence-corrected chi connectivity index (χ2v) is 8.65. The summed E-state index contributed by atoms with van der Waals surface area (Å²) in [5.41, 5.74) is 4.61. The van der Waals surface area contributed by atoms with Crippen LogP contribution in [0.4, 0.5) is 4.79 Å². The minimum Gasteiger partial charge on any atom is -0.481 e. The van der Waals surface area contributed by atoms with Crippen molar-refractivity contribution >= 4 is 18.0 Å². The molecule has 1 aliphatic carbocycles. The van der Waals surface area contributed by atoms with Crippen molar-refractivity contribution in [3.8, 4) is 11.1 Å². The highest BCUT2D eigenvalue weighted by Crippen LogP contribution is 2.44. The Bertz CT molecular complexity index is 994. The van der Waals surface area contributed by atoms with Gasteiger partial charge in [-0.25, -0.2) is 4.79 Å². The number of carbonyl (C=O) groups is 3. The van der Waals surface area contributed by atoms with Gasteiger partial charge >= 0.3 is 12.1 Å². The monoisotopic (exact) mass is 466 g/mol. The number of hydrogen-bond donors (Lipinski definition) is 3. The highest BCUT2D eigenvalue weighted by atomic mass is 16.6. The lowest BCUT2D eigenvalue weighted by atomic mass is 9.98. The normalized spacial score (nSPS) is 18.7. The molecule has 8 nitrogen and oxygen atoms in total. The molecule has 0 radical (unpaired) electrons. The number of aliphatic carboxylic acids is 1. The molecule has 1 saturated heterocycles. The first kappa shape index (κ1) is 23.8. The molecule has 0 aromatic heterocycles. The molecule has 4 rings (SSSR count). The number of fused-ring (bicyclic) bond motifs is 3. The summed E-state index contributed by atoms with van der Waals surface area (Å²) in [4.78, 5) is 35.6. The van der Waals surface area contributed by atoms with E-state index < -0.39 is 24.2 Å². The van der Waals surface area contributed by atoms with Crippen LogP contribution in [-0.2, 0) is 19.1 Å². The first-order valence-corrected chi connectivity index (χ1v) is 11.8. The topological polar surface area (TPSA) is 114 Å². The molecule has 2 aliphatic rings. The number of amides is 2. The van der Waals surface area contributed by atoms with Crippen molar-refractivity contribution in [3.05, 3.63) is 59.7 Å². The van der Waals surface area contributed by atoms with E-state index in [0.29, 0.717) is 32.4 Å². The van der Waals surface area contributed by atoms with Gasteiger partial charge in [-0.15, -0.1) is 0 Å². The Balaban J connectivity index is 1.25. The molecule has 3 N–H and O–H groups in total. The van der Waals surface area contributed by atoms with Crippen molar-refractivity contribution in [2.24, 2.45) is 0 Å². The molecular weight excluding hydrogens is 436 g/mol. The Morgan fingerprint density at radius 1 is 0.971 bits per heavy atom. The summed E-state index contributed by atoms with van der Waals surface area (Å²) in [6.45, 7) is 1.03. The highest BCUT2D eigenvalue weighted by molar-refractivity contribution is 5.83. The van der Waals surface area contributed by atoms with Gasteiger partial charge in [0.15, 0.2) is 6.10 Å². The average molecular weight is 467 g/mol. The van der Waals surface area contributed by atoms with Crippen molar-refractivity contribution in [1.82, 2.24) is 10.6 Å².